The van der Waals surface area contributed by atoms with Crippen LogP contribution in [0.1, 0.15) is 10.6 Å². The lowest BCUT2D eigenvalue weighted by molar-refractivity contribution is -0.725. The molecular formula is C18H18NO4S2+. The first-order chi connectivity index (χ1) is 11.9. The molecule has 0 aliphatic carbocycles. The van der Waals surface area contributed by atoms with Gasteiger partial charge in [-0.05, 0) is 36.8 Å². The Morgan fingerprint density at radius 1 is 1.04 bits per heavy atom. The molecule has 0 atom stereocenters. The molecule has 0 amide bonds. The maximum absolute atomic E-state index is 12.3. The van der Waals surface area contributed by atoms with Crippen LogP contribution >= 0.6 is 11.3 Å². The number of nitrogens with zero attached hydrogens (tertiary/aromatic N) is 1. The number of benzene rings is 2. The minimum Gasteiger partial charge on any atom is -0.436 e. The number of ether oxygens (including phenoxy) is 1. The zero-order valence-corrected chi connectivity index (χ0v) is 15.5. The van der Waals surface area contributed by atoms with Crippen LogP contribution in [0.2, 0.25) is 0 Å². The highest BCUT2D eigenvalue weighted by Gasteiger charge is 2.17. The molecule has 0 unspecified atom stereocenters. The van der Waals surface area contributed by atoms with Gasteiger partial charge in [0.05, 0.1) is 5.38 Å². The van der Waals surface area contributed by atoms with Crippen LogP contribution in [0.3, 0.4) is 0 Å². The fourth-order valence-electron chi connectivity index (χ4n) is 2.26. The molecule has 5 nitrogen and oxygen atoms in total. The Hall–Kier alpha value is -2.38. The van der Waals surface area contributed by atoms with Crippen molar-refractivity contribution < 1.29 is 21.9 Å². The monoisotopic (exact) mass is 376 g/mol. The standard InChI is InChI=1S/C18H18NO4S2/c1-14-10-16(22-13-19-8-9-24-15(19)2)12-17(11-14)23-25(20,21)18-6-4-3-5-7-18/h3-12H,13H2,1-2H3/q+1. The van der Waals surface area contributed by atoms with Gasteiger partial charge in [-0.2, -0.15) is 13.0 Å². The number of hydrogen-bond donors (Lipinski definition) is 0. The topological polar surface area (TPSA) is 56.5 Å². The van der Waals surface area contributed by atoms with Crippen LogP contribution < -0.4 is 13.5 Å². The van der Waals surface area contributed by atoms with Crippen LogP contribution in [0.15, 0.2) is 65.0 Å². The second-order valence-electron chi connectivity index (χ2n) is 5.50. The third kappa shape index (κ3) is 4.37. The van der Waals surface area contributed by atoms with Crippen molar-refractivity contribution >= 4 is 21.5 Å². The second-order valence-corrected chi connectivity index (χ2v) is 8.14. The van der Waals surface area contributed by atoms with Crippen molar-refractivity contribution in [3.05, 3.63) is 70.7 Å². The largest absolute Gasteiger partial charge is 0.436 e. The molecule has 0 radical (unpaired) electrons. The predicted octanol–water partition coefficient (Wildman–Crippen LogP) is 3.46. The second kappa shape index (κ2) is 7.25. The molecule has 3 rings (SSSR count). The van der Waals surface area contributed by atoms with Crippen LogP contribution in [0, 0.1) is 13.8 Å². The van der Waals surface area contributed by atoms with Crippen LogP contribution in [0.25, 0.3) is 0 Å². The summed E-state index contributed by atoms with van der Waals surface area (Å²) < 4.78 is 37.7. The van der Waals surface area contributed by atoms with Crippen molar-refractivity contribution in [2.75, 3.05) is 0 Å². The van der Waals surface area contributed by atoms with E-state index in [0.29, 0.717) is 12.5 Å². The highest BCUT2D eigenvalue weighted by molar-refractivity contribution is 7.87. The normalized spacial score (nSPS) is 11.3. The summed E-state index contributed by atoms with van der Waals surface area (Å²) in [5.74, 6) is 0.780. The smallest absolute Gasteiger partial charge is 0.339 e. The summed E-state index contributed by atoms with van der Waals surface area (Å²) in [7, 11) is -3.87. The molecule has 0 aliphatic rings. The van der Waals surface area contributed by atoms with E-state index in [1.54, 1.807) is 41.7 Å². The lowest BCUT2D eigenvalue weighted by atomic mass is 10.2. The van der Waals surface area contributed by atoms with Crippen molar-refractivity contribution in [3.63, 3.8) is 0 Å². The van der Waals surface area contributed by atoms with Crippen molar-refractivity contribution in [2.24, 2.45) is 0 Å². The summed E-state index contributed by atoms with van der Waals surface area (Å²) in [5, 5.41) is 3.10. The highest BCUT2D eigenvalue weighted by atomic mass is 32.2. The Balaban J connectivity index is 1.79. The number of aryl methyl sites for hydroxylation is 2. The highest BCUT2D eigenvalue weighted by Crippen LogP contribution is 2.25. The van der Waals surface area contributed by atoms with Gasteiger partial charge in [0.15, 0.2) is 6.20 Å². The first-order valence-corrected chi connectivity index (χ1v) is 9.90. The van der Waals surface area contributed by atoms with Crippen molar-refractivity contribution in [1.29, 1.82) is 0 Å². The van der Waals surface area contributed by atoms with E-state index in [4.69, 9.17) is 8.92 Å². The van der Waals surface area contributed by atoms with Crippen LogP contribution in [0.5, 0.6) is 11.5 Å². The summed E-state index contributed by atoms with van der Waals surface area (Å²) in [5.41, 5.74) is 0.850. The molecule has 1 heterocycles. The average Bonchev–Trinajstić information content (AvgIpc) is 2.98. The molecule has 0 aliphatic heterocycles. The van der Waals surface area contributed by atoms with Gasteiger partial charge in [0.2, 0.25) is 5.01 Å². The molecule has 0 bridgehead atoms. The lowest BCUT2D eigenvalue weighted by Crippen LogP contribution is -2.36. The van der Waals surface area contributed by atoms with Gasteiger partial charge in [-0.1, -0.05) is 29.5 Å². The molecule has 2 aromatic carbocycles. The lowest BCUT2D eigenvalue weighted by Gasteiger charge is -2.10. The maximum Gasteiger partial charge on any atom is 0.339 e. The first-order valence-electron chi connectivity index (χ1n) is 7.61. The van der Waals surface area contributed by atoms with E-state index in [2.05, 4.69) is 0 Å². The maximum atomic E-state index is 12.3. The number of thiazole rings is 1. The Morgan fingerprint density at radius 2 is 1.76 bits per heavy atom. The first kappa shape index (κ1) is 17.4. The molecule has 0 spiro atoms. The molecule has 130 valence electrons. The SMILES string of the molecule is Cc1cc(OC[n+]2ccsc2C)cc(OS(=O)(=O)c2ccccc2)c1. The third-order valence-corrected chi connectivity index (χ3v) is 5.61. The Morgan fingerprint density at radius 3 is 2.44 bits per heavy atom. The molecule has 0 N–H and O–H groups in total. The molecule has 0 fully saturated rings. The molecule has 3 aromatic rings. The van der Waals surface area contributed by atoms with Gasteiger partial charge in [0.25, 0.3) is 6.73 Å². The van der Waals surface area contributed by atoms with Crippen LogP contribution in [-0.4, -0.2) is 8.42 Å². The van der Waals surface area contributed by atoms with E-state index < -0.39 is 10.1 Å². The fourth-order valence-corrected chi connectivity index (χ4v) is 3.85. The van der Waals surface area contributed by atoms with Crippen molar-refractivity contribution in [2.45, 2.75) is 25.5 Å². The summed E-state index contributed by atoms with van der Waals surface area (Å²) >= 11 is 1.63. The Kier molecular flexibility index (Phi) is 5.06. The molecule has 0 saturated carbocycles. The number of aromatic nitrogens is 1. The van der Waals surface area contributed by atoms with E-state index in [9.17, 15) is 8.42 Å². The number of rotatable bonds is 6. The van der Waals surface area contributed by atoms with E-state index in [-0.39, 0.29) is 10.6 Å². The van der Waals surface area contributed by atoms with Gasteiger partial charge in [-0.15, -0.1) is 0 Å². The minimum atomic E-state index is -3.87. The van der Waals surface area contributed by atoms with E-state index in [0.717, 1.165) is 10.6 Å². The molecule has 1 aromatic heterocycles. The predicted molar refractivity (Wildman–Crippen MR) is 95.3 cm³/mol. The van der Waals surface area contributed by atoms with Gasteiger partial charge in [-0.25, -0.2) is 0 Å². The zero-order valence-electron chi connectivity index (χ0n) is 13.9. The van der Waals surface area contributed by atoms with Crippen LogP contribution in [0.4, 0.5) is 0 Å². The van der Waals surface area contributed by atoms with Gasteiger partial charge in [0.1, 0.15) is 16.4 Å². The third-order valence-electron chi connectivity index (χ3n) is 3.52. The van der Waals surface area contributed by atoms with Crippen molar-refractivity contribution in [3.8, 4) is 11.5 Å². The van der Waals surface area contributed by atoms with Gasteiger partial charge >= 0.3 is 10.1 Å². The average molecular weight is 376 g/mol. The molecule has 25 heavy (non-hydrogen) atoms. The van der Waals surface area contributed by atoms with Crippen molar-refractivity contribution in [1.82, 2.24) is 0 Å². The minimum absolute atomic E-state index is 0.114. The Labute approximate surface area is 151 Å². The summed E-state index contributed by atoms with van der Waals surface area (Å²) in [6.07, 6.45) is 1.94. The molecule has 7 heteroatoms. The van der Waals surface area contributed by atoms with Gasteiger partial charge < -0.3 is 8.92 Å². The summed E-state index contributed by atoms with van der Waals surface area (Å²) in [4.78, 5) is 0.114. The van der Waals surface area contributed by atoms with Crippen LogP contribution in [-0.2, 0) is 16.8 Å². The molecule has 0 saturated heterocycles. The summed E-state index contributed by atoms with van der Waals surface area (Å²) in [6, 6.07) is 13.1. The van der Waals surface area contributed by atoms with E-state index in [1.165, 1.54) is 12.1 Å². The quantitative estimate of drug-likeness (QED) is 0.488. The van der Waals surface area contributed by atoms with Gasteiger partial charge in [0, 0.05) is 13.0 Å². The van der Waals surface area contributed by atoms with E-state index in [1.807, 2.05) is 36.1 Å². The molecular weight excluding hydrogens is 358 g/mol. The van der Waals surface area contributed by atoms with E-state index >= 15 is 0 Å². The zero-order chi connectivity index (χ0) is 17.9. The fraction of sp³-hybridized carbons (Fsp3) is 0.167. The summed E-state index contributed by atoms with van der Waals surface area (Å²) in [6.45, 7) is 4.22. The van der Waals surface area contributed by atoms with Gasteiger partial charge in [-0.3, -0.25) is 0 Å². The number of hydrogen-bond acceptors (Lipinski definition) is 5. The Bertz CT molecular complexity index is 966.